The minimum atomic E-state index is -4.02. The molecule has 3 aromatic carbocycles. The molecule has 7 rings (SSSR count). The van der Waals surface area contributed by atoms with Gasteiger partial charge in [-0.3, -0.25) is 0 Å². The van der Waals surface area contributed by atoms with Crippen LogP contribution in [0.5, 0.6) is 5.75 Å². The fourth-order valence-corrected chi connectivity index (χ4v) is 8.42. The Labute approximate surface area is 269 Å². The maximum atomic E-state index is 13.6. The van der Waals surface area contributed by atoms with Crippen molar-refractivity contribution in [2.45, 2.75) is 101 Å². The van der Waals surface area contributed by atoms with E-state index >= 15 is 0 Å². The number of hydrogen-bond donors (Lipinski definition) is 1. The Morgan fingerprint density at radius 1 is 0.913 bits per heavy atom. The lowest BCUT2D eigenvalue weighted by atomic mass is 9.78. The van der Waals surface area contributed by atoms with Crippen LogP contribution in [0.25, 0.3) is 11.0 Å². The summed E-state index contributed by atoms with van der Waals surface area (Å²) in [5, 5.41) is 5.31. The van der Waals surface area contributed by atoms with Crippen LogP contribution < -0.4 is 15.0 Å². The van der Waals surface area contributed by atoms with Crippen LogP contribution in [0.15, 0.2) is 81.2 Å². The lowest BCUT2D eigenvalue weighted by Crippen LogP contribution is -2.43. The van der Waals surface area contributed by atoms with Crippen molar-refractivity contribution in [3.05, 3.63) is 100 Å². The Kier molecular flexibility index (Phi) is 8.46. The van der Waals surface area contributed by atoms with E-state index in [9.17, 15) is 13.2 Å². The average Bonchev–Trinajstić information content (AvgIpc) is 3.07. The van der Waals surface area contributed by atoms with Crippen molar-refractivity contribution in [2.75, 3.05) is 0 Å². The Bertz CT molecular complexity index is 1930. The first-order valence-electron chi connectivity index (χ1n) is 16.5. The number of carbonyl (C=O) groups excluding carboxylic acids is 1. The summed E-state index contributed by atoms with van der Waals surface area (Å²) in [6.45, 7) is 1.88. The van der Waals surface area contributed by atoms with Crippen LogP contribution in [0.2, 0.25) is 0 Å². The van der Waals surface area contributed by atoms with Gasteiger partial charge in [0.05, 0.1) is 4.90 Å². The molecule has 1 aromatic heterocycles. The number of aryl methyl sites for hydroxylation is 3. The summed E-state index contributed by atoms with van der Waals surface area (Å²) in [6.07, 6.45) is 11.6. The number of rotatable bonds is 7. The predicted molar refractivity (Wildman–Crippen MR) is 175 cm³/mol. The van der Waals surface area contributed by atoms with E-state index in [4.69, 9.17) is 14.0 Å². The van der Waals surface area contributed by atoms with E-state index < -0.39 is 22.0 Å². The van der Waals surface area contributed by atoms with Gasteiger partial charge in [-0.1, -0.05) is 54.4 Å². The molecule has 1 unspecified atom stereocenters. The molecule has 4 aromatic rings. The van der Waals surface area contributed by atoms with E-state index in [1.165, 1.54) is 42.5 Å². The van der Waals surface area contributed by atoms with Crippen molar-refractivity contribution >= 4 is 27.0 Å². The fraction of sp³-hybridized carbons (Fsp3) is 0.405. The standard InChI is InChI=1S/C37H40N2O6S/c1-25-14-16-28(17-15-25)46(41,42)39-32(22-26-10-4-2-5-11-26)36(40)45-38-35-30-13-7-6-12-29(30)31-23-27-18-21-37(19-8-3-9-20-37)44-33(27)24-34(31)43-35/h2,4-5,10-11,14-17,23-24,32,39H,3,6-9,12-13,18-22H2,1H3/b38-35+. The maximum Gasteiger partial charge on any atom is 0.353 e. The van der Waals surface area contributed by atoms with E-state index in [2.05, 4.69) is 15.9 Å². The van der Waals surface area contributed by atoms with Crippen molar-refractivity contribution in [3.63, 3.8) is 0 Å². The first kappa shape index (κ1) is 30.7. The molecule has 3 aliphatic rings. The van der Waals surface area contributed by atoms with E-state index in [0.717, 1.165) is 79.2 Å². The summed E-state index contributed by atoms with van der Waals surface area (Å²) in [6, 6.07) is 18.7. The number of nitrogens with one attached hydrogen (secondary N) is 1. The van der Waals surface area contributed by atoms with Gasteiger partial charge in [0, 0.05) is 17.0 Å². The van der Waals surface area contributed by atoms with Crippen LogP contribution in [0.1, 0.15) is 79.2 Å². The van der Waals surface area contributed by atoms with Gasteiger partial charge in [-0.25, -0.2) is 13.2 Å². The van der Waals surface area contributed by atoms with Crippen LogP contribution in [0.3, 0.4) is 0 Å². The number of benzene rings is 3. The lowest BCUT2D eigenvalue weighted by Gasteiger charge is -2.41. The van der Waals surface area contributed by atoms with Gasteiger partial charge in [0.2, 0.25) is 10.0 Å². The highest BCUT2D eigenvalue weighted by Gasteiger charge is 2.38. The first-order valence-corrected chi connectivity index (χ1v) is 18.0. The quantitative estimate of drug-likeness (QED) is 0.180. The molecular weight excluding hydrogens is 600 g/mol. The van der Waals surface area contributed by atoms with Gasteiger partial charge in [0.25, 0.3) is 5.55 Å². The maximum absolute atomic E-state index is 13.6. The van der Waals surface area contributed by atoms with Gasteiger partial charge < -0.3 is 14.0 Å². The Morgan fingerprint density at radius 3 is 2.41 bits per heavy atom. The second kappa shape index (κ2) is 12.7. The molecule has 1 fully saturated rings. The Morgan fingerprint density at radius 2 is 1.65 bits per heavy atom. The monoisotopic (exact) mass is 640 g/mol. The molecule has 8 nitrogen and oxygen atoms in total. The van der Waals surface area contributed by atoms with Crippen LogP contribution in [0.4, 0.5) is 0 Å². The largest absolute Gasteiger partial charge is 0.487 e. The van der Waals surface area contributed by atoms with Crippen molar-refractivity contribution in [1.29, 1.82) is 0 Å². The molecule has 46 heavy (non-hydrogen) atoms. The predicted octanol–water partition coefficient (Wildman–Crippen LogP) is 6.60. The third kappa shape index (κ3) is 6.35. The third-order valence-electron chi connectivity index (χ3n) is 9.78. The van der Waals surface area contributed by atoms with E-state index in [0.29, 0.717) is 5.58 Å². The molecule has 9 heteroatoms. The summed E-state index contributed by atoms with van der Waals surface area (Å²) < 4.78 is 42.2. The van der Waals surface area contributed by atoms with Crippen molar-refractivity contribution in [3.8, 4) is 5.75 Å². The Balaban J connectivity index is 1.21. The van der Waals surface area contributed by atoms with Crippen molar-refractivity contribution in [1.82, 2.24) is 4.72 Å². The van der Waals surface area contributed by atoms with Gasteiger partial charge in [-0.15, -0.1) is 0 Å². The summed E-state index contributed by atoms with van der Waals surface area (Å²) in [5.74, 6) is 0.0592. The molecule has 0 saturated heterocycles. The van der Waals surface area contributed by atoms with Crippen LogP contribution in [0, 0.1) is 6.92 Å². The Hall–Kier alpha value is -3.95. The van der Waals surface area contributed by atoms with Gasteiger partial charge in [0.15, 0.2) is 0 Å². The normalized spacial score (nSPS) is 18.4. The zero-order valence-corrected chi connectivity index (χ0v) is 27.0. The number of carbonyl (C=O) groups is 1. The zero-order valence-electron chi connectivity index (χ0n) is 26.2. The van der Waals surface area contributed by atoms with Crippen LogP contribution in [-0.2, 0) is 45.3 Å². The number of nitrogens with zero attached hydrogens (tertiary/aromatic N) is 1. The highest BCUT2D eigenvalue weighted by atomic mass is 32.2. The molecule has 0 bridgehead atoms. The first-order chi connectivity index (χ1) is 22.3. The molecule has 1 saturated carbocycles. The molecule has 1 N–H and O–H groups in total. The smallest absolute Gasteiger partial charge is 0.353 e. The number of sulfonamides is 1. The minimum Gasteiger partial charge on any atom is -0.487 e. The molecule has 1 spiro atoms. The topological polar surface area (TPSA) is 107 Å². The van der Waals surface area contributed by atoms with Gasteiger partial charge in [-0.2, -0.15) is 4.72 Å². The third-order valence-corrected chi connectivity index (χ3v) is 11.3. The molecule has 1 aliphatic heterocycles. The molecule has 1 atom stereocenters. The summed E-state index contributed by atoms with van der Waals surface area (Å²) >= 11 is 0. The average molecular weight is 641 g/mol. The molecule has 0 radical (unpaired) electrons. The van der Waals surface area contributed by atoms with E-state index in [-0.39, 0.29) is 22.5 Å². The number of hydrogen-bond acceptors (Lipinski definition) is 7. The molecule has 2 aliphatic carbocycles. The van der Waals surface area contributed by atoms with E-state index in [1.54, 1.807) is 12.1 Å². The van der Waals surface area contributed by atoms with Crippen molar-refractivity contribution < 1.29 is 27.2 Å². The van der Waals surface area contributed by atoms with Crippen LogP contribution in [-0.4, -0.2) is 26.0 Å². The highest BCUT2D eigenvalue weighted by molar-refractivity contribution is 7.89. The zero-order chi connectivity index (χ0) is 31.7. The number of fused-ring (bicyclic) bond motifs is 4. The van der Waals surface area contributed by atoms with Gasteiger partial charge in [0.1, 0.15) is 23.0 Å². The van der Waals surface area contributed by atoms with Crippen molar-refractivity contribution in [2.24, 2.45) is 5.16 Å². The van der Waals surface area contributed by atoms with Crippen LogP contribution >= 0.6 is 0 Å². The summed E-state index contributed by atoms with van der Waals surface area (Å²) in [5.41, 5.74) is 5.85. The fourth-order valence-electron chi connectivity index (χ4n) is 7.24. The molecule has 240 valence electrons. The second-order valence-corrected chi connectivity index (χ2v) is 14.8. The molecular formula is C37H40N2O6S. The SMILES string of the molecule is Cc1ccc(S(=O)(=O)NC(Cc2ccccc2)C(=O)O/N=c2/oc3cc4c(cc3c3c2CCCC3)CCC2(CCCCC2)O4)cc1. The number of ether oxygens (including phenoxy) is 1. The van der Waals surface area contributed by atoms with Gasteiger partial charge in [-0.05, 0) is 118 Å². The van der Waals surface area contributed by atoms with Gasteiger partial charge >= 0.3 is 5.97 Å². The minimum absolute atomic E-state index is 0.0695. The molecule has 2 heterocycles. The summed E-state index contributed by atoms with van der Waals surface area (Å²) in [7, 11) is -4.02. The summed E-state index contributed by atoms with van der Waals surface area (Å²) in [4.78, 5) is 19.2. The van der Waals surface area contributed by atoms with E-state index in [1.807, 2.05) is 43.3 Å². The lowest BCUT2D eigenvalue weighted by molar-refractivity contribution is -0.146. The molecule has 0 amide bonds. The second-order valence-electron chi connectivity index (χ2n) is 13.1. The highest BCUT2D eigenvalue weighted by Crippen LogP contribution is 2.43.